The molecule has 10 aromatic rings. The number of hydrogen-bond acceptors (Lipinski definition) is 1. The summed E-state index contributed by atoms with van der Waals surface area (Å²) in [5.74, 6) is 0.492. The maximum atomic E-state index is 6.45. The fraction of sp³-hybridized carbons (Fsp3) is 0.0638. The van der Waals surface area contributed by atoms with E-state index in [0.717, 1.165) is 33.9 Å². The standard InChI is InChI=1S/C47H31NO/c1-28-12-24-42-40(26-28)41-27-33(36-9-5-10-39-37-8-2-3-11-44(37)49-47(36)39)19-25-43(41)48(42)34-20-15-29(16-21-34)35-22-17-32-14-13-30-6-4-7-31-18-23-38(35)46(32)45(30)31/h2-25,27-28H,26H2,1H3/t28-/m0/s1. The van der Waals surface area contributed by atoms with Gasteiger partial charge in [0.05, 0.1) is 5.52 Å². The van der Waals surface area contributed by atoms with Gasteiger partial charge < -0.3 is 8.98 Å². The molecule has 2 aromatic heterocycles. The number of hydrogen-bond donors (Lipinski definition) is 0. The SMILES string of the molecule is C[C@H]1C=Cc2c(c3cc(-c4cccc5c4oc4ccccc45)ccc3n2-c2ccc(-c3ccc4ccc5cccc6ccc3c4c56)cc2)C1. The zero-order valence-corrected chi connectivity index (χ0v) is 27.1. The Kier molecular flexibility index (Phi) is 5.46. The summed E-state index contributed by atoms with van der Waals surface area (Å²) in [5.41, 5.74) is 11.8. The van der Waals surface area contributed by atoms with Gasteiger partial charge in [0, 0.05) is 33.1 Å². The van der Waals surface area contributed by atoms with Crippen molar-refractivity contribution < 1.29 is 4.42 Å². The summed E-state index contributed by atoms with van der Waals surface area (Å²) in [5, 5.41) is 11.5. The minimum atomic E-state index is 0.492. The van der Waals surface area contributed by atoms with Gasteiger partial charge in [-0.05, 0) is 103 Å². The van der Waals surface area contributed by atoms with Crippen molar-refractivity contribution in [1.29, 1.82) is 0 Å². The number of aromatic nitrogens is 1. The van der Waals surface area contributed by atoms with Crippen molar-refractivity contribution in [3.63, 3.8) is 0 Å². The smallest absolute Gasteiger partial charge is 0.143 e. The molecule has 0 aliphatic heterocycles. The summed E-state index contributed by atoms with van der Waals surface area (Å²) in [6.45, 7) is 2.31. The monoisotopic (exact) mass is 625 g/mol. The molecule has 1 aliphatic carbocycles. The molecule has 0 unspecified atom stereocenters. The molecular formula is C47H31NO. The van der Waals surface area contributed by atoms with Crippen molar-refractivity contribution in [2.45, 2.75) is 13.3 Å². The Labute approximate surface area is 283 Å². The molecule has 11 rings (SSSR count). The first kappa shape index (κ1) is 26.9. The topological polar surface area (TPSA) is 18.1 Å². The van der Waals surface area contributed by atoms with Gasteiger partial charge in [-0.15, -0.1) is 0 Å². The van der Waals surface area contributed by atoms with E-state index in [2.05, 4.69) is 157 Å². The molecule has 1 atom stereocenters. The lowest BCUT2D eigenvalue weighted by atomic mass is 9.90. The van der Waals surface area contributed by atoms with Gasteiger partial charge in [0.25, 0.3) is 0 Å². The van der Waals surface area contributed by atoms with Gasteiger partial charge in [-0.1, -0.05) is 122 Å². The lowest BCUT2D eigenvalue weighted by Gasteiger charge is -2.16. The highest BCUT2D eigenvalue weighted by atomic mass is 16.3. The quantitative estimate of drug-likeness (QED) is 0.179. The highest BCUT2D eigenvalue weighted by Crippen LogP contribution is 2.42. The first-order chi connectivity index (χ1) is 24.2. The maximum Gasteiger partial charge on any atom is 0.143 e. The molecule has 1 aliphatic rings. The van der Waals surface area contributed by atoms with Crippen LogP contribution in [0, 0.1) is 5.92 Å². The van der Waals surface area contributed by atoms with Gasteiger partial charge in [0.15, 0.2) is 0 Å². The van der Waals surface area contributed by atoms with E-state index < -0.39 is 0 Å². The van der Waals surface area contributed by atoms with Crippen molar-refractivity contribution in [2.75, 3.05) is 0 Å². The van der Waals surface area contributed by atoms with Gasteiger partial charge >= 0.3 is 0 Å². The third kappa shape index (κ3) is 3.83. The van der Waals surface area contributed by atoms with E-state index in [1.807, 2.05) is 6.07 Å². The molecule has 0 bridgehead atoms. The average molecular weight is 626 g/mol. The highest BCUT2D eigenvalue weighted by molar-refractivity contribution is 6.25. The number of fused-ring (bicyclic) bond motifs is 6. The number of allylic oxidation sites excluding steroid dienone is 1. The van der Waals surface area contributed by atoms with Crippen LogP contribution in [-0.2, 0) is 6.42 Å². The van der Waals surface area contributed by atoms with E-state index in [4.69, 9.17) is 4.42 Å². The maximum absolute atomic E-state index is 6.45. The zero-order valence-electron chi connectivity index (χ0n) is 27.1. The molecule has 0 fully saturated rings. The Morgan fingerprint density at radius 3 is 2.18 bits per heavy atom. The van der Waals surface area contributed by atoms with Crippen LogP contribution in [0.5, 0.6) is 0 Å². The molecule has 0 saturated heterocycles. The molecule has 2 nitrogen and oxygen atoms in total. The van der Waals surface area contributed by atoms with E-state index in [9.17, 15) is 0 Å². The third-order valence-electron chi connectivity index (χ3n) is 10.9. The summed E-state index contributed by atoms with van der Waals surface area (Å²) >= 11 is 0. The van der Waals surface area contributed by atoms with Gasteiger partial charge in [0.2, 0.25) is 0 Å². The van der Waals surface area contributed by atoms with Crippen LogP contribution in [0.1, 0.15) is 18.2 Å². The van der Waals surface area contributed by atoms with Crippen molar-refractivity contribution in [1.82, 2.24) is 4.57 Å². The van der Waals surface area contributed by atoms with Gasteiger partial charge in [0.1, 0.15) is 11.2 Å². The number of nitrogens with zero attached hydrogens (tertiary/aromatic N) is 1. The second kappa shape index (κ2) is 9.95. The lowest BCUT2D eigenvalue weighted by molar-refractivity contribution is 0.670. The molecule has 2 heteroatoms. The predicted octanol–water partition coefficient (Wildman–Crippen LogP) is 13.0. The van der Waals surface area contributed by atoms with Gasteiger partial charge in [-0.3, -0.25) is 0 Å². The minimum absolute atomic E-state index is 0.492. The normalized spacial score (nSPS) is 14.7. The van der Waals surface area contributed by atoms with Crippen LogP contribution < -0.4 is 0 Å². The van der Waals surface area contributed by atoms with Crippen LogP contribution in [-0.4, -0.2) is 4.57 Å². The fourth-order valence-electron chi connectivity index (χ4n) is 8.61. The highest BCUT2D eigenvalue weighted by Gasteiger charge is 2.22. The summed E-state index contributed by atoms with van der Waals surface area (Å²) in [6.07, 6.45) is 5.71. The number of para-hydroxylation sites is 2. The number of furan rings is 1. The molecule has 230 valence electrons. The largest absolute Gasteiger partial charge is 0.455 e. The molecule has 8 aromatic carbocycles. The first-order valence-electron chi connectivity index (χ1n) is 17.2. The molecule has 49 heavy (non-hydrogen) atoms. The van der Waals surface area contributed by atoms with Crippen molar-refractivity contribution >= 4 is 71.2 Å². The van der Waals surface area contributed by atoms with Crippen LogP contribution in [0.2, 0.25) is 0 Å². The summed E-state index contributed by atoms with van der Waals surface area (Å²) in [6, 6.07) is 51.2. The lowest BCUT2D eigenvalue weighted by Crippen LogP contribution is -2.05. The second-order valence-electron chi connectivity index (χ2n) is 13.8. The Morgan fingerprint density at radius 2 is 1.31 bits per heavy atom. The zero-order chi connectivity index (χ0) is 32.2. The first-order valence-corrected chi connectivity index (χ1v) is 17.2. The van der Waals surface area contributed by atoms with Crippen LogP contribution in [0.25, 0.3) is 99.2 Å². The minimum Gasteiger partial charge on any atom is -0.455 e. The van der Waals surface area contributed by atoms with Crippen LogP contribution in [0.15, 0.2) is 150 Å². The molecule has 0 amide bonds. The van der Waals surface area contributed by atoms with Crippen molar-refractivity contribution in [3.8, 4) is 27.9 Å². The Hall–Kier alpha value is -6.12. The fourth-order valence-corrected chi connectivity index (χ4v) is 8.61. The predicted molar refractivity (Wildman–Crippen MR) is 207 cm³/mol. The van der Waals surface area contributed by atoms with E-state index in [1.165, 1.54) is 76.9 Å². The summed E-state index contributed by atoms with van der Waals surface area (Å²) in [7, 11) is 0. The summed E-state index contributed by atoms with van der Waals surface area (Å²) < 4.78 is 8.90. The molecular weight excluding hydrogens is 595 g/mol. The van der Waals surface area contributed by atoms with Crippen LogP contribution >= 0.6 is 0 Å². The van der Waals surface area contributed by atoms with Gasteiger partial charge in [-0.2, -0.15) is 0 Å². The number of rotatable bonds is 3. The van der Waals surface area contributed by atoms with Crippen molar-refractivity contribution in [3.05, 3.63) is 157 Å². The van der Waals surface area contributed by atoms with E-state index in [-0.39, 0.29) is 0 Å². The van der Waals surface area contributed by atoms with Crippen molar-refractivity contribution in [2.24, 2.45) is 5.92 Å². The Balaban J connectivity index is 1.06. The molecule has 2 heterocycles. The second-order valence-corrected chi connectivity index (χ2v) is 13.8. The molecule has 0 N–H and O–H groups in total. The molecule has 0 radical (unpaired) electrons. The summed E-state index contributed by atoms with van der Waals surface area (Å²) in [4.78, 5) is 0. The Morgan fingerprint density at radius 1 is 0.571 bits per heavy atom. The Bertz CT molecular complexity index is 2950. The molecule has 0 saturated carbocycles. The van der Waals surface area contributed by atoms with E-state index >= 15 is 0 Å². The average Bonchev–Trinajstić information content (AvgIpc) is 3.69. The third-order valence-corrected chi connectivity index (χ3v) is 10.9. The van der Waals surface area contributed by atoms with E-state index in [1.54, 1.807) is 0 Å². The number of benzene rings is 8. The van der Waals surface area contributed by atoms with Gasteiger partial charge in [-0.25, -0.2) is 0 Å². The van der Waals surface area contributed by atoms with E-state index in [0.29, 0.717) is 5.92 Å². The van der Waals surface area contributed by atoms with Crippen LogP contribution in [0.4, 0.5) is 0 Å². The molecule has 0 spiro atoms. The van der Waals surface area contributed by atoms with Crippen LogP contribution in [0.3, 0.4) is 0 Å².